The number of rotatable bonds is 4. The third kappa shape index (κ3) is 3.94. The van der Waals surface area contributed by atoms with Gasteiger partial charge in [-0.2, -0.15) is 0 Å². The van der Waals surface area contributed by atoms with Crippen molar-refractivity contribution in [3.8, 4) is 0 Å². The number of hydrogen-bond donors (Lipinski definition) is 2. The molecule has 0 heterocycles. The van der Waals surface area contributed by atoms with Gasteiger partial charge in [0.25, 0.3) is 10.0 Å². The van der Waals surface area contributed by atoms with Crippen LogP contribution in [0, 0.1) is 0 Å². The summed E-state index contributed by atoms with van der Waals surface area (Å²) in [6, 6.07) is 10.9. The van der Waals surface area contributed by atoms with Crippen LogP contribution in [0.3, 0.4) is 0 Å². The van der Waals surface area contributed by atoms with Crippen molar-refractivity contribution in [3.63, 3.8) is 0 Å². The van der Waals surface area contributed by atoms with Crippen molar-refractivity contribution in [2.75, 3.05) is 4.72 Å². The van der Waals surface area contributed by atoms with E-state index in [2.05, 4.69) is 20.7 Å². The first-order valence-electron chi connectivity index (χ1n) is 5.67. The molecule has 0 aliphatic heterocycles. The normalized spacial score (nSPS) is 11.1. The highest BCUT2D eigenvalue weighted by atomic mass is 79.9. The highest BCUT2D eigenvalue weighted by Gasteiger charge is 2.17. The first-order valence-corrected chi connectivity index (χ1v) is 8.73. The summed E-state index contributed by atoms with van der Waals surface area (Å²) in [5, 5.41) is 0.335. The van der Waals surface area contributed by atoms with Gasteiger partial charge in [0.05, 0.1) is 10.6 Å². The second kappa shape index (κ2) is 6.31. The van der Waals surface area contributed by atoms with Crippen molar-refractivity contribution in [3.05, 3.63) is 57.5 Å². The Bertz CT molecular complexity index is 810. The van der Waals surface area contributed by atoms with E-state index >= 15 is 0 Å². The predicted molar refractivity (Wildman–Crippen MR) is 92.3 cm³/mol. The van der Waals surface area contributed by atoms with Gasteiger partial charge in [-0.05, 0) is 36.4 Å². The molecule has 0 amide bonds. The van der Waals surface area contributed by atoms with Gasteiger partial charge in [0.1, 0.15) is 4.99 Å². The second-order valence-electron chi connectivity index (χ2n) is 4.12. The zero-order chi connectivity index (χ0) is 15.6. The molecule has 0 unspecified atom stereocenters. The second-order valence-corrected chi connectivity index (χ2v) is 7.59. The predicted octanol–water partition coefficient (Wildman–Crippen LogP) is 3.54. The Hall–Kier alpha value is -1.15. The summed E-state index contributed by atoms with van der Waals surface area (Å²) in [6.07, 6.45) is 0. The average molecular weight is 406 g/mol. The minimum absolute atomic E-state index is 0.0591. The van der Waals surface area contributed by atoms with Gasteiger partial charge in [0.2, 0.25) is 0 Å². The summed E-state index contributed by atoms with van der Waals surface area (Å²) in [5.74, 6) is 0. The highest BCUT2D eigenvalue weighted by molar-refractivity contribution is 9.10. The molecule has 21 heavy (non-hydrogen) atoms. The lowest BCUT2D eigenvalue weighted by atomic mass is 10.2. The summed E-state index contributed by atoms with van der Waals surface area (Å²) < 4.78 is 27.9. The molecule has 0 fully saturated rings. The summed E-state index contributed by atoms with van der Waals surface area (Å²) in [5.41, 5.74) is 6.35. The summed E-state index contributed by atoms with van der Waals surface area (Å²) in [7, 11) is -3.78. The number of nitrogens with two attached hydrogens (primary N) is 1. The molecule has 0 saturated heterocycles. The third-order valence-corrected chi connectivity index (χ3v) is 4.91. The molecule has 2 aromatic rings. The molecule has 4 nitrogen and oxygen atoms in total. The smallest absolute Gasteiger partial charge is 0.261 e. The van der Waals surface area contributed by atoms with Crippen molar-refractivity contribution in [1.82, 2.24) is 0 Å². The molecule has 0 aliphatic rings. The maximum absolute atomic E-state index is 12.4. The SMILES string of the molecule is NC(=S)c1ccc(Br)cc1NS(=O)(=O)c1cccc(Cl)c1. The van der Waals surface area contributed by atoms with Crippen LogP contribution in [0.4, 0.5) is 5.69 Å². The number of sulfonamides is 1. The first-order chi connectivity index (χ1) is 9.79. The fourth-order valence-electron chi connectivity index (χ4n) is 1.65. The van der Waals surface area contributed by atoms with E-state index in [4.69, 9.17) is 29.6 Å². The Kier molecular flexibility index (Phi) is 4.88. The third-order valence-electron chi connectivity index (χ3n) is 2.60. The van der Waals surface area contributed by atoms with E-state index in [9.17, 15) is 8.42 Å². The number of nitrogens with one attached hydrogen (secondary N) is 1. The number of anilines is 1. The van der Waals surface area contributed by atoms with Gasteiger partial charge in [-0.15, -0.1) is 0 Å². The molecule has 0 bridgehead atoms. The molecule has 2 aromatic carbocycles. The van der Waals surface area contributed by atoms with Crippen molar-refractivity contribution in [2.24, 2.45) is 5.73 Å². The Morgan fingerprint density at radius 2 is 1.95 bits per heavy atom. The van der Waals surface area contributed by atoms with E-state index < -0.39 is 10.0 Å². The maximum atomic E-state index is 12.4. The monoisotopic (exact) mass is 404 g/mol. The Morgan fingerprint density at radius 1 is 1.24 bits per heavy atom. The minimum Gasteiger partial charge on any atom is -0.389 e. The largest absolute Gasteiger partial charge is 0.389 e. The highest BCUT2D eigenvalue weighted by Crippen LogP contribution is 2.25. The molecule has 2 rings (SSSR count). The van der Waals surface area contributed by atoms with Gasteiger partial charge in [0, 0.05) is 15.1 Å². The molecule has 0 atom stereocenters. The van der Waals surface area contributed by atoms with E-state index in [0.29, 0.717) is 20.7 Å². The molecule has 3 N–H and O–H groups in total. The number of thiocarbonyl (C=S) groups is 1. The molecule has 0 radical (unpaired) electrons. The van der Waals surface area contributed by atoms with Crippen LogP contribution in [0.2, 0.25) is 5.02 Å². The van der Waals surface area contributed by atoms with Gasteiger partial charge in [-0.25, -0.2) is 8.42 Å². The van der Waals surface area contributed by atoms with Gasteiger partial charge in [-0.3, -0.25) is 4.72 Å². The Labute approximate surface area is 141 Å². The number of hydrogen-bond acceptors (Lipinski definition) is 3. The standard InChI is InChI=1S/C13H10BrClN2O2S2/c14-8-4-5-11(13(16)20)12(6-8)17-21(18,19)10-3-1-2-9(15)7-10/h1-7,17H,(H2,16,20). The van der Waals surface area contributed by atoms with Crippen LogP contribution in [0.15, 0.2) is 51.8 Å². The molecule has 0 spiro atoms. The van der Waals surface area contributed by atoms with E-state index in [1.807, 2.05) is 0 Å². The lowest BCUT2D eigenvalue weighted by Gasteiger charge is -2.12. The van der Waals surface area contributed by atoms with Crippen LogP contribution in [0.5, 0.6) is 0 Å². The topological polar surface area (TPSA) is 72.2 Å². The van der Waals surface area contributed by atoms with E-state index in [1.165, 1.54) is 12.1 Å². The van der Waals surface area contributed by atoms with Crippen molar-refractivity contribution >= 4 is 60.4 Å². The first kappa shape index (κ1) is 16.2. The zero-order valence-corrected chi connectivity index (χ0v) is 14.5. The Morgan fingerprint density at radius 3 is 2.57 bits per heavy atom. The summed E-state index contributed by atoms with van der Waals surface area (Å²) in [6.45, 7) is 0. The van der Waals surface area contributed by atoms with E-state index in [-0.39, 0.29) is 9.88 Å². The van der Waals surface area contributed by atoms with Crippen LogP contribution in [-0.4, -0.2) is 13.4 Å². The molecule has 0 aromatic heterocycles. The quantitative estimate of drug-likeness (QED) is 0.763. The zero-order valence-electron chi connectivity index (χ0n) is 10.5. The average Bonchev–Trinajstić information content (AvgIpc) is 2.38. The van der Waals surface area contributed by atoms with Crippen LogP contribution in [0.1, 0.15) is 5.56 Å². The van der Waals surface area contributed by atoms with Crippen LogP contribution in [0.25, 0.3) is 0 Å². The van der Waals surface area contributed by atoms with E-state index in [0.717, 1.165) is 0 Å². The van der Waals surface area contributed by atoms with Gasteiger partial charge in [0.15, 0.2) is 0 Å². The summed E-state index contributed by atoms with van der Waals surface area (Å²) in [4.78, 5) is 0.162. The fraction of sp³-hybridized carbons (Fsp3) is 0. The molecular weight excluding hydrogens is 396 g/mol. The summed E-state index contributed by atoms with van der Waals surface area (Å²) >= 11 is 14.0. The lowest BCUT2D eigenvalue weighted by molar-refractivity contribution is 0.601. The minimum atomic E-state index is -3.78. The van der Waals surface area contributed by atoms with Crippen molar-refractivity contribution < 1.29 is 8.42 Å². The van der Waals surface area contributed by atoms with E-state index in [1.54, 1.807) is 30.3 Å². The van der Waals surface area contributed by atoms with Gasteiger partial charge in [-0.1, -0.05) is 45.8 Å². The molecule has 110 valence electrons. The Balaban J connectivity index is 2.46. The van der Waals surface area contributed by atoms with Crippen LogP contribution >= 0.6 is 39.7 Å². The number of benzene rings is 2. The van der Waals surface area contributed by atoms with Crippen LogP contribution in [-0.2, 0) is 10.0 Å². The maximum Gasteiger partial charge on any atom is 0.261 e. The van der Waals surface area contributed by atoms with Crippen molar-refractivity contribution in [1.29, 1.82) is 0 Å². The van der Waals surface area contributed by atoms with Gasteiger partial charge >= 0.3 is 0 Å². The van der Waals surface area contributed by atoms with Crippen molar-refractivity contribution in [2.45, 2.75) is 4.90 Å². The molecule has 0 saturated carbocycles. The van der Waals surface area contributed by atoms with Gasteiger partial charge < -0.3 is 5.73 Å². The lowest BCUT2D eigenvalue weighted by Crippen LogP contribution is -2.18. The van der Waals surface area contributed by atoms with Crippen LogP contribution < -0.4 is 10.5 Å². The molecule has 0 aliphatic carbocycles. The fourth-order valence-corrected chi connectivity index (χ4v) is 3.56. The number of halogens is 2. The molecule has 8 heteroatoms. The molecular formula is C13H10BrClN2O2S2.